The molecule has 6 aliphatic rings. The summed E-state index contributed by atoms with van der Waals surface area (Å²) >= 11 is 0. The van der Waals surface area contributed by atoms with Gasteiger partial charge < -0.3 is 52.5 Å². The second-order valence-corrected chi connectivity index (χ2v) is 31.7. The summed E-state index contributed by atoms with van der Waals surface area (Å²) in [5.41, 5.74) is 0.585. The molecule has 0 aromatic heterocycles. The van der Waals surface area contributed by atoms with Crippen molar-refractivity contribution in [2.75, 3.05) is 6.61 Å². The Balaban J connectivity index is 0.000000258. The number of alkyl halides is 9. The normalized spacial score (nSPS) is 25.4. The molecule has 3 aromatic carbocycles. The molecule has 0 amide bonds. The molecule has 2 aliphatic carbocycles. The molecule has 18 nitrogen and oxygen atoms in total. The topological polar surface area (TPSA) is 232 Å². The first-order valence-electron chi connectivity index (χ1n) is 37.0. The third-order valence-corrected chi connectivity index (χ3v) is 21.6. The van der Waals surface area contributed by atoms with Crippen LogP contribution in [0.2, 0.25) is 0 Å². The molecule has 107 heavy (non-hydrogen) atoms. The van der Waals surface area contributed by atoms with Crippen molar-refractivity contribution in [1.29, 1.82) is 0 Å². The van der Waals surface area contributed by atoms with Crippen molar-refractivity contribution >= 4 is 41.8 Å². The molecule has 4 aliphatic heterocycles. The van der Waals surface area contributed by atoms with Crippen LogP contribution in [0.3, 0.4) is 0 Å². The van der Waals surface area contributed by atoms with Gasteiger partial charge in [0.1, 0.15) is 24.1 Å². The van der Waals surface area contributed by atoms with Crippen molar-refractivity contribution in [2.45, 2.75) is 306 Å². The smallest absolute Gasteiger partial charge is 0.434 e. The molecular weight excluding hydrogens is 1420 g/mol. The Bertz CT molecular complexity index is 3440. The number of rotatable bonds is 23. The third kappa shape index (κ3) is 22.4. The van der Waals surface area contributed by atoms with E-state index in [-0.39, 0.29) is 28.8 Å². The van der Waals surface area contributed by atoms with E-state index in [2.05, 4.69) is 96.1 Å². The minimum Gasteiger partial charge on any atom is -0.508 e. The van der Waals surface area contributed by atoms with Crippen LogP contribution < -0.4 is 0 Å². The zero-order valence-corrected chi connectivity index (χ0v) is 65.3. The number of carbonyl (C=O) groups excluding carboxylic acids is 7. The maximum absolute atomic E-state index is 12.8. The summed E-state index contributed by atoms with van der Waals surface area (Å²) in [6.45, 7) is 39.1. The van der Waals surface area contributed by atoms with Crippen LogP contribution in [0.15, 0.2) is 72.8 Å². The number of hydrogen-bond acceptors (Lipinski definition) is 18. The lowest BCUT2D eigenvalue weighted by Crippen LogP contribution is -2.51. The molecule has 9 rings (SSSR count). The monoisotopic (exact) mass is 1530 g/mol. The molecular formula is C80H111F9O18. The van der Waals surface area contributed by atoms with Gasteiger partial charge in [-0.2, -0.15) is 39.5 Å². The van der Waals surface area contributed by atoms with E-state index < -0.39 is 150 Å². The fourth-order valence-corrected chi connectivity index (χ4v) is 12.4. The highest BCUT2D eigenvalue weighted by molar-refractivity contribution is 6.03. The van der Waals surface area contributed by atoms with Crippen molar-refractivity contribution in [3.05, 3.63) is 101 Å². The minimum absolute atomic E-state index is 0.0510. The Morgan fingerprint density at radius 3 is 1.56 bits per heavy atom. The maximum Gasteiger partial charge on any atom is 0.434 e. The average molecular weight is 1530 g/mol. The zero-order chi connectivity index (χ0) is 81.1. The Labute approximate surface area is 623 Å². The van der Waals surface area contributed by atoms with Gasteiger partial charge in [0.25, 0.3) is 6.10 Å². The third-order valence-electron chi connectivity index (χ3n) is 21.6. The summed E-state index contributed by atoms with van der Waals surface area (Å²) < 4.78 is 167. The number of aromatic hydroxyl groups is 1. The van der Waals surface area contributed by atoms with Gasteiger partial charge in [-0.1, -0.05) is 151 Å². The first kappa shape index (κ1) is 90.6. The number of phenolic OH excluding ortho intramolecular Hbond substituents is 1. The quantitative estimate of drug-likeness (QED) is 0.0402. The first-order chi connectivity index (χ1) is 49.4. The summed E-state index contributed by atoms with van der Waals surface area (Å²) in [5.74, 6) is -7.06. The number of halogens is 9. The lowest BCUT2D eigenvalue weighted by Gasteiger charge is -2.33. The number of hydrogen-bond donors (Lipinski definition) is 1. The fourth-order valence-electron chi connectivity index (χ4n) is 12.4. The van der Waals surface area contributed by atoms with Crippen LogP contribution in [0.25, 0.3) is 0 Å². The molecule has 0 spiro atoms. The van der Waals surface area contributed by atoms with Crippen LogP contribution in [0.5, 0.6) is 5.75 Å². The number of phenols is 1. The van der Waals surface area contributed by atoms with E-state index in [4.69, 9.17) is 43.0 Å². The van der Waals surface area contributed by atoms with E-state index in [1.54, 1.807) is 53.7 Å². The van der Waals surface area contributed by atoms with E-state index in [0.29, 0.717) is 48.5 Å². The highest BCUT2D eigenvalue weighted by Gasteiger charge is 2.77. The Morgan fingerprint density at radius 2 is 1.09 bits per heavy atom. The van der Waals surface area contributed by atoms with E-state index in [1.807, 2.05) is 39.8 Å². The molecule has 2 saturated carbocycles. The predicted molar refractivity (Wildman–Crippen MR) is 377 cm³/mol. The number of unbranched alkanes of at least 4 members (excludes halogenated alkanes) is 1. The first-order valence-corrected chi connectivity index (χ1v) is 37.0. The molecule has 3 aromatic rings. The van der Waals surface area contributed by atoms with Crippen molar-refractivity contribution in [1.82, 2.24) is 0 Å². The molecule has 2 bridgehead atoms. The second kappa shape index (κ2) is 36.2. The van der Waals surface area contributed by atoms with Gasteiger partial charge in [0.2, 0.25) is 6.10 Å². The summed E-state index contributed by atoms with van der Waals surface area (Å²) in [7, 11) is 0. The van der Waals surface area contributed by atoms with Crippen molar-refractivity contribution < 1.29 is 126 Å². The summed E-state index contributed by atoms with van der Waals surface area (Å²) in [4.78, 5) is 85.9. The van der Waals surface area contributed by atoms with Crippen LogP contribution in [-0.4, -0.2) is 127 Å². The van der Waals surface area contributed by atoms with Gasteiger partial charge >= 0.3 is 60.3 Å². The van der Waals surface area contributed by atoms with Crippen LogP contribution in [-0.2, 0) is 87.3 Å². The molecule has 27 heteroatoms. The minimum atomic E-state index is -5.89. The SMILES string of the molecule is CCC(C)(C)C(=O)OC1C(=O)OC2C3OC(C)(c4ccc(C(=O)OC(C)C(F)(F)F)cc4)OC3OC12.CCC(C)(C)C(=O)OC1C2CC3C1OC(=O)C3(C(=O)OC(C(F)(F)F)C(F)(F)F)C2.CCC(C)c1ccc(C(C)(C)C)cc1.CCC(C)c1ccc(O)cc1.CCCCC(CC)COC(=O)C(C)(C)CC. The Kier molecular flexibility index (Phi) is 30.7. The van der Waals surface area contributed by atoms with Gasteiger partial charge in [-0.25, -0.2) is 9.59 Å². The molecule has 4 saturated heterocycles. The summed E-state index contributed by atoms with van der Waals surface area (Å²) in [5, 5.41) is 9.01. The van der Waals surface area contributed by atoms with Crippen molar-refractivity contribution in [3.63, 3.8) is 0 Å². The average Bonchev–Trinajstić information content (AvgIpc) is 1.53. The highest BCUT2D eigenvalue weighted by Crippen LogP contribution is 2.63. The lowest BCUT2D eigenvalue weighted by molar-refractivity contribution is -0.315. The van der Waals surface area contributed by atoms with Gasteiger partial charge in [-0.05, 0) is 171 Å². The van der Waals surface area contributed by atoms with Crippen LogP contribution in [0.4, 0.5) is 39.5 Å². The second-order valence-electron chi connectivity index (χ2n) is 31.7. The van der Waals surface area contributed by atoms with Crippen LogP contribution in [0, 0.1) is 39.4 Å². The number of fused-ring (bicyclic) bond motifs is 4. The predicted octanol–water partition coefficient (Wildman–Crippen LogP) is 18.3. The molecule has 15 unspecified atom stereocenters. The number of ether oxygens (including phenoxy) is 10. The zero-order valence-electron chi connectivity index (χ0n) is 65.3. The number of carbonyl (C=O) groups is 7. The molecule has 4 heterocycles. The largest absolute Gasteiger partial charge is 0.508 e. The Morgan fingerprint density at radius 1 is 0.589 bits per heavy atom. The van der Waals surface area contributed by atoms with Crippen molar-refractivity contribution in [3.8, 4) is 5.75 Å². The van der Waals surface area contributed by atoms with Gasteiger partial charge in [0.15, 0.2) is 35.8 Å². The standard InChI is InChI=1S/C24H27F3O9.C18H20F6O6.C14H28O2.C14H22.C10H14O/c1-6-22(3,4)21(30)34-16-14-15(32-19(16)29)17-20(33-14)36-23(5,35-17)13-9-7-12(8-10-13)18(28)31-11(2)24(25,26)27;1-4-15(2,3)12(25)28-9-7-5-8-10(9)29-13(26)16(8,6-7)14(27)30-11(17(19,20)21)18(22,23)24;1-6-9-10-12(7-2)11-16-13(15)14(4,5)8-3;1-6-11(2)12-7-9-13(10-8-12)14(3,4)5;1-3-8(2)9-4-6-10(11)7-5-9/h7-11,14-17,20H,6H2,1-5H3;7-11H,4-6H2,1-3H3;12H,6-11H2,1-5H3;7-11H,6H2,1-5H3;4-8,11H,3H2,1-2H3. The summed E-state index contributed by atoms with van der Waals surface area (Å²) in [6.07, 6.45) is -21.3. The van der Waals surface area contributed by atoms with Gasteiger partial charge in [0, 0.05) is 17.4 Å². The number of benzene rings is 3. The Hall–Kier alpha value is -7.00. The molecule has 0 radical (unpaired) electrons. The van der Waals surface area contributed by atoms with Crippen molar-refractivity contribution in [2.24, 2.45) is 39.4 Å². The molecule has 15 atom stereocenters. The van der Waals surface area contributed by atoms with Crippen LogP contribution >= 0.6 is 0 Å². The highest BCUT2D eigenvalue weighted by atomic mass is 19.4. The van der Waals surface area contributed by atoms with Crippen LogP contribution in [0.1, 0.15) is 254 Å². The van der Waals surface area contributed by atoms with E-state index in [9.17, 15) is 73.1 Å². The number of esters is 7. The molecule has 6 fully saturated rings. The van der Waals surface area contributed by atoms with E-state index in [0.717, 1.165) is 26.2 Å². The van der Waals surface area contributed by atoms with E-state index >= 15 is 0 Å². The summed E-state index contributed by atoms with van der Waals surface area (Å²) in [6, 6.07) is 22.0. The van der Waals surface area contributed by atoms with Gasteiger partial charge in [-0.15, -0.1) is 0 Å². The van der Waals surface area contributed by atoms with Gasteiger partial charge in [-0.3, -0.25) is 24.0 Å². The fraction of sp³-hybridized carbons (Fsp3) is 0.688. The lowest BCUT2D eigenvalue weighted by atomic mass is 9.73. The molecule has 602 valence electrons. The van der Waals surface area contributed by atoms with Gasteiger partial charge in [0.05, 0.1) is 28.4 Å². The van der Waals surface area contributed by atoms with E-state index in [1.165, 1.54) is 66.6 Å². The maximum atomic E-state index is 12.8. The molecule has 1 N–H and O–H groups in total.